The topological polar surface area (TPSA) is 89.9 Å². The minimum Gasteiger partial charge on any atom is -0.480 e. The molecular weight excluding hydrogens is 224 g/mol. The average molecular weight is 242 g/mol. The molecule has 3 N–H and O–H groups in total. The number of carboxylic acid groups (broad SMARTS) is 1. The highest BCUT2D eigenvalue weighted by Crippen LogP contribution is 2.36. The van der Waals surface area contributed by atoms with Crippen molar-refractivity contribution in [1.82, 2.24) is 10.2 Å². The first-order valence-corrected chi connectivity index (χ1v) is 5.93. The van der Waals surface area contributed by atoms with Crippen LogP contribution >= 0.6 is 0 Å². The van der Waals surface area contributed by atoms with E-state index in [1.54, 1.807) is 11.8 Å². The van der Waals surface area contributed by atoms with Crippen LogP contribution in [-0.2, 0) is 4.79 Å². The van der Waals surface area contributed by atoms with E-state index in [1.807, 2.05) is 0 Å². The first kappa shape index (κ1) is 12.2. The quantitative estimate of drug-likeness (QED) is 0.650. The van der Waals surface area contributed by atoms with Crippen molar-refractivity contribution >= 4 is 12.0 Å². The second-order valence-electron chi connectivity index (χ2n) is 5.05. The minimum absolute atomic E-state index is 0.0979. The lowest BCUT2D eigenvalue weighted by molar-refractivity contribution is -0.140. The minimum atomic E-state index is -1.03. The van der Waals surface area contributed by atoms with Gasteiger partial charge in [0.2, 0.25) is 0 Å². The molecule has 17 heavy (non-hydrogen) atoms. The van der Waals surface area contributed by atoms with E-state index in [9.17, 15) is 14.7 Å². The summed E-state index contributed by atoms with van der Waals surface area (Å²) in [5.74, 6) is -0.863. The van der Waals surface area contributed by atoms with Gasteiger partial charge in [0.1, 0.15) is 5.54 Å². The van der Waals surface area contributed by atoms with E-state index in [2.05, 4.69) is 5.32 Å². The fourth-order valence-corrected chi connectivity index (χ4v) is 2.17. The zero-order chi connectivity index (χ0) is 12.6. The highest BCUT2D eigenvalue weighted by atomic mass is 16.4. The van der Waals surface area contributed by atoms with Crippen molar-refractivity contribution in [2.24, 2.45) is 5.92 Å². The molecular formula is C11H18N2O4. The summed E-state index contributed by atoms with van der Waals surface area (Å²) in [4.78, 5) is 24.4. The van der Waals surface area contributed by atoms with E-state index in [0.717, 1.165) is 6.42 Å². The molecule has 0 radical (unpaired) electrons. The number of urea groups is 1. The van der Waals surface area contributed by atoms with Gasteiger partial charge in [0, 0.05) is 19.0 Å². The summed E-state index contributed by atoms with van der Waals surface area (Å²) >= 11 is 0. The van der Waals surface area contributed by atoms with E-state index in [4.69, 9.17) is 5.11 Å². The molecule has 6 heteroatoms. The molecule has 2 aliphatic rings. The molecule has 1 saturated heterocycles. The van der Waals surface area contributed by atoms with Crippen molar-refractivity contribution in [3.05, 3.63) is 0 Å². The van der Waals surface area contributed by atoms with Gasteiger partial charge in [-0.1, -0.05) is 0 Å². The summed E-state index contributed by atoms with van der Waals surface area (Å²) in [6.45, 7) is 2.79. The molecule has 2 rings (SSSR count). The van der Waals surface area contributed by atoms with Crippen LogP contribution in [0.1, 0.15) is 26.2 Å². The maximum Gasteiger partial charge on any atom is 0.329 e. The molecule has 0 spiro atoms. The number of nitrogens with zero attached hydrogens (tertiary/aromatic N) is 1. The smallest absolute Gasteiger partial charge is 0.329 e. The van der Waals surface area contributed by atoms with Crippen LogP contribution in [0.3, 0.4) is 0 Å². The van der Waals surface area contributed by atoms with Crippen LogP contribution in [0.25, 0.3) is 0 Å². The third-order valence-electron chi connectivity index (χ3n) is 3.70. The van der Waals surface area contributed by atoms with Gasteiger partial charge in [-0.3, -0.25) is 0 Å². The number of hydrogen-bond donors (Lipinski definition) is 3. The molecule has 1 aliphatic heterocycles. The van der Waals surface area contributed by atoms with Crippen LogP contribution in [0.2, 0.25) is 0 Å². The van der Waals surface area contributed by atoms with Crippen molar-refractivity contribution < 1.29 is 19.8 Å². The fraction of sp³-hybridized carbons (Fsp3) is 0.818. The molecule has 1 heterocycles. The molecule has 2 unspecified atom stereocenters. The van der Waals surface area contributed by atoms with Gasteiger partial charge >= 0.3 is 12.0 Å². The summed E-state index contributed by atoms with van der Waals surface area (Å²) in [6, 6.07) is -0.326. The van der Waals surface area contributed by atoms with E-state index < -0.39 is 17.6 Å². The van der Waals surface area contributed by atoms with E-state index in [0.29, 0.717) is 25.9 Å². The SMILES string of the molecule is CC(O)C1CCN(C(=O)NC2(C(=O)O)CC2)C1. The fourth-order valence-electron chi connectivity index (χ4n) is 2.17. The Hall–Kier alpha value is -1.30. The van der Waals surface area contributed by atoms with Gasteiger partial charge in [0.05, 0.1) is 6.10 Å². The van der Waals surface area contributed by atoms with Gasteiger partial charge in [0.25, 0.3) is 0 Å². The number of carbonyl (C=O) groups is 2. The largest absolute Gasteiger partial charge is 0.480 e. The number of aliphatic hydroxyl groups is 1. The van der Waals surface area contributed by atoms with Crippen molar-refractivity contribution in [3.63, 3.8) is 0 Å². The summed E-state index contributed by atoms with van der Waals surface area (Å²) in [6.07, 6.45) is 1.34. The lowest BCUT2D eigenvalue weighted by Crippen LogP contribution is -2.49. The Kier molecular flexibility index (Phi) is 2.99. The monoisotopic (exact) mass is 242 g/mol. The number of hydrogen-bond acceptors (Lipinski definition) is 3. The predicted molar refractivity (Wildman–Crippen MR) is 59.5 cm³/mol. The maximum atomic E-state index is 11.8. The third kappa shape index (κ3) is 2.36. The zero-order valence-corrected chi connectivity index (χ0v) is 9.85. The van der Waals surface area contributed by atoms with Crippen LogP contribution in [0.15, 0.2) is 0 Å². The van der Waals surface area contributed by atoms with Crippen LogP contribution in [0, 0.1) is 5.92 Å². The Labute approximate surface area is 99.6 Å². The van der Waals surface area contributed by atoms with Gasteiger partial charge in [0.15, 0.2) is 0 Å². The second-order valence-corrected chi connectivity index (χ2v) is 5.05. The Morgan fingerprint density at radius 3 is 2.53 bits per heavy atom. The second kappa shape index (κ2) is 4.18. The van der Waals surface area contributed by atoms with Gasteiger partial charge in [-0.15, -0.1) is 0 Å². The zero-order valence-electron chi connectivity index (χ0n) is 9.85. The Morgan fingerprint density at radius 2 is 2.12 bits per heavy atom. The molecule has 2 fully saturated rings. The molecule has 6 nitrogen and oxygen atoms in total. The van der Waals surface area contributed by atoms with Crippen molar-refractivity contribution in [2.45, 2.75) is 37.8 Å². The van der Waals surface area contributed by atoms with Crippen molar-refractivity contribution in [1.29, 1.82) is 0 Å². The van der Waals surface area contributed by atoms with E-state index >= 15 is 0 Å². The molecule has 1 saturated carbocycles. The van der Waals surface area contributed by atoms with Crippen LogP contribution in [0.4, 0.5) is 4.79 Å². The normalized spacial score (nSPS) is 27.6. The van der Waals surface area contributed by atoms with Gasteiger partial charge in [-0.25, -0.2) is 9.59 Å². The van der Waals surface area contributed by atoms with E-state index in [-0.39, 0.29) is 11.9 Å². The predicted octanol–water partition coefficient (Wildman–Crippen LogP) is 0.0159. The lowest BCUT2D eigenvalue weighted by Gasteiger charge is -2.21. The summed E-state index contributed by atoms with van der Waals surface area (Å²) < 4.78 is 0. The van der Waals surface area contributed by atoms with Crippen LogP contribution in [-0.4, -0.2) is 51.8 Å². The van der Waals surface area contributed by atoms with Crippen LogP contribution in [0.5, 0.6) is 0 Å². The van der Waals surface area contributed by atoms with Gasteiger partial charge < -0.3 is 20.4 Å². The number of amides is 2. The Balaban J connectivity index is 1.88. The number of nitrogens with one attached hydrogen (secondary N) is 1. The summed E-state index contributed by atoms with van der Waals surface area (Å²) in [7, 11) is 0. The maximum absolute atomic E-state index is 11.8. The first-order valence-electron chi connectivity index (χ1n) is 5.93. The molecule has 0 aromatic carbocycles. The Morgan fingerprint density at radius 1 is 1.47 bits per heavy atom. The molecule has 2 amide bonds. The Bertz CT molecular complexity index is 338. The number of rotatable bonds is 3. The molecule has 0 bridgehead atoms. The van der Waals surface area contributed by atoms with Crippen LogP contribution < -0.4 is 5.32 Å². The number of carboxylic acids is 1. The summed E-state index contributed by atoms with van der Waals surface area (Å²) in [5.41, 5.74) is -1.03. The highest BCUT2D eigenvalue weighted by molar-refractivity contribution is 5.89. The molecule has 1 aliphatic carbocycles. The standard InChI is InChI=1S/C11H18N2O4/c1-7(14)8-2-5-13(6-8)10(17)12-11(3-4-11)9(15)16/h7-8,14H,2-6H2,1H3,(H,12,17)(H,15,16). The first-order chi connectivity index (χ1) is 7.94. The number of aliphatic carboxylic acids is 1. The highest BCUT2D eigenvalue weighted by Gasteiger charge is 2.52. The van der Waals surface area contributed by atoms with E-state index in [1.165, 1.54) is 0 Å². The molecule has 0 aromatic heterocycles. The number of likely N-dealkylation sites (tertiary alicyclic amines) is 1. The molecule has 0 aromatic rings. The average Bonchev–Trinajstić information content (AvgIpc) is 2.87. The van der Waals surface area contributed by atoms with Crippen molar-refractivity contribution in [2.75, 3.05) is 13.1 Å². The summed E-state index contributed by atoms with van der Waals surface area (Å²) in [5, 5.41) is 21.0. The third-order valence-corrected chi connectivity index (χ3v) is 3.70. The lowest BCUT2D eigenvalue weighted by atomic mass is 10.0. The number of aliphatic hydroxyl groups excluding tert-OH is 1. The molecule has 2 atom stereocenters. The van der Waals surface area contributed by atoms with Gasteiger partial charge in [-0.05, 0) is 26.2 Å². The number of carbonyl (C=O) groups excluding carboxylic acids is 1. The van der Waals surface area contributed by atoms with Gasteiger partial charge in [-0.2, -0.15) is 0 Å². The molecule has 96 valence electrons. The van der Waals surface area contributed by atoms with Crippen molar-refractivity contribution in [3.8, 4) is 0 Å².